The lowest BCUT2D eigenvalue weighted by Gasteiger charge is -2.26. The number of ether oxygens (including phenoxy) is 2. The summed E-state index contributed by atoms with van der Waals surface area (Å²) in [5, 5.41) is 0. The lowest BCUT2D eigenvalue weighted by atomic mass is 10.1. The number of unbranched alkanes of at least 4 members (excludes halogenated alkanes) is 2. The Balaban J connectivity index is 1.43. The molecule has 0 unspecified atom stereocenters. The maximum Gasteiger partial charge on any atom is 0.222 e. The number of rotatable bonds is 9. The molecule has 1 fully saturated rings. The first-order valence-corrected chi connectivity index (χ1v) is 10.8. The maximum absolute atomic E-state index is 12.3. The molecule has 8 nitrogen and oxygen atoms in total. The number of aryl methyl sites for hydroxylation is 1. The van der Waals surface area contributed by atoms with Crippen LogP contribution in [0.5, 0.6) is 0 Å². The fourth-order valence-electron chi connectivity index (χ4n) is 3.91. The number of fused-ring (bicyclic) bond motifs is 3. The molecule has 4 rings (SSSR count). The van der Waals surface area contributed by atoms with Gasteiger partial charge in [-0.1, -0.05) is 6.42 Å². The summed E-state index contributed by atoms with van der Waals surface area (Å²) < 4.78 is 13.2. The van der Waals surface area contributed by atoms with Gasteiger partial charge in [-0.3, -0.25) is 14.8 Å². The number of pyridine rings is 2. The van der Waals surface area contributed by atoms with Crippen LogP contribution in [0.2, 0.25) is 0 Å². The zero-order valence-corrected chi connectivity index (χ0v) is 17.5. The van der Waals surface area contributed by atoms with Crippen molar-refractivity contribution < 1.29 is 14.3 Å². The van der Waals surface area contributed by atoms with Crippen LogP contribution in [-0.4, -0.2) is 63.2 Å². The predicted octanol–water partition coefficient (Wildman–Crippen LogP) is 2.94. The van der Waals surface area contributed by atoms with Crippen molar-refractivity contribution in [3.8, 4) is 0 Å². The molecule has 1 amide bonds. The van der Waals surface area contributed by atoms with Crippen molar-refractivity contribution in [3.63, 3.8) is 0 Å². The van der Waals surface area contributed by atoms with Crippen molar-refractivity contribution in [1.82, 2.24) is 24.4 Å². The minimum absolute atomic E-state index is 0.240. The summed E-state index contributed by atoms with van der Waals surface area (Å²) >= 11 is 0. The number of hydrogen-bond donors (Lipinski definition) is 0. The van der Waals surface area contributed by atoms with Gasteiger partial charge >= 0.3 is 0 Å². The number of carbonyl (C=O) groups is 1. The average Bonchev–Trinajstić information content (AvgIpc) is 3.15. The van der Waals surface area contributed by atoms with Gasteiger partial charge in [0.25, 0.3) is 0 Å². The first kappa shape index (κ1) is 20.7. The molecular formula is C22H29N5O3. The molecule has 30 heavy (non-hydrogen) atoms. The van der Waals surface area contributed by atoms with Crippen LogP contribution in [0, 0.1) is 0 Å². The monoisotopic (exact) mass is 411 g/mol. The van der Waals surface area contributed by atoms with Gasteiger partial charge in [0.2, 0.25) is 5.91 Å². The van der Waals surface area contributed by atoms with Crippen molar-refractivity contribution in [3.05, 3.63) is 30.4 Å². The van der Waals surface area contributed by atoms with Gasteiger partial charge in [0, 0.05) is 38.9 Å². The van der Waals surface area contributed by atoms with Gasteiger partial charge in [-0.05, 0) is 31.9 Å². The van der Waals surface area contributed by atoms with E-state index in [1.807, 2.05) is 30.2 Å². The van der Waals surface area contributed by atoms with Gasteiger partial charge in [-0.25, -0.2) is 4.98 Å². The standard InChI is InChI=1S/C22H29N5O3/c1-2-29-16-19-25-18-15-24-17-7-6-9-23-21(17)22(18)27(19)10-5-3-4-8-20(28)26-11-13-30-14-12-26/h6-7,9,15H,2-5,8,10-14,16H2,1H3. The van der Waals surface area contributed by atoms with E-state index in [1.165, 1.54) is 0 Å². The molecule has 0 aromatic carbocycles. The van der Waals surface area contributed by atoms with Crippen LogP contribution in [-0.2, 0) is 27.4 Å². The van der Waals surface area contributed by atoms with Crippen molar-refractivity contribution in [2.24, 2.45) is 0 Å². The SMILES string of the molecule is CCOCc1nc2cnc3cccnc3c2n1CCCCCC(=O)N1CCOCC1. The molecule has 0 N–H and O–H groups in total. The van der Waals surface area contributed by atoms with Gasteiger partial charge in [0.1, 0.15) is 23.5 Å². The largest absolute Gasteiger partial charge is 0.378 e. The number of hydrogen-bond acceptors (Lipinski definition) is 6. The van der Waals surface area contributed by atoms with Crippen LogP contribution in [0.15, 0.2) is 24.5 Å². The molecule has 1 aliphatic rings. The summed E-state index contributed by atoms with van der Waals surface area (Å²) in [6.45, 7) is 6.65. The van der Waals surface area contributed by atoms with Crippen LogP contribution in [0.1, 0.15) is 38.4 Å². The Morgan fingerprint density at radius 3 is 2.87 bits per heavy atom. The van der Waals surface area contributed by atoms with Crippen molar-refractivity contribution >= 4 is 28.0 Å². The summed E-state index contributed by atoms with van der Waals surface area (Å²) in [5.74, 6) is 1.14. The molecule has 0 spiro atoms. The van der Waals surface area contributed by atoms with Crippen molar-refractivity contribution in [1.29, 1.82) is 0 Å². The van der Waals surface area contributed by atoms with E-state index in [2.05, 4.69) is 14.5 Å². The van der Waals surface area contributed by atoms with E-state index in [-0.39, 0.29) is 5.91 Å². The smallest absolute Gasteiger partial charge is 0.222 e. The Bertz CT molecular complexity index is 997. The van der Waals surface area contributed by atoms with E-state index in [1.54, 1.807) is 6.20 Å². The fourth-order valence-corrected chi connectivity index (χ4v) is 3.91. The minimum Gasteiger partial charge on any atom is -0.378 e. The van der Waals surface area contributed by atoms with Gasteiger partial charge < -0.3 is 18.9 Å². The second-order valence-electron chi connectivity index (χ2n) is 7.48. The molecular weight excluding hydrogens is 382 g/mol. The summed E-state index contributed by atoms with van der Waals surface area (Å²) in [5.41, 5.74) is 3.59. The Morgan fingerprint density at radius 1 is 1.17 bits per heavy atom. The molecule has 160 valence electrons. The predicted molar refractivity (Wildman–Crippen MR) is 114 cm³/mol. The number of morpholine rings is 1. The molecule has 1 aliphatic heterocycles. The third-order valence-corrected chi connectivity index (χ3v) is 5.48. The summed E-state index contributed by atoms with van der Waals surface area (Å²) in [6, 6.07) is 3.87. The van der Waals surface area contributed by atoms with Crippen molar-refractivity contribution in [2.45, 2.75) is 45.8 Å². The van der Waals surface area contributed by atoms with E-state index >= 15 is 0 Å². The van der Waals surface area contributed by atoms with E-state index < -0.39 is 0 Å². The third kappa shape index (κ3) is 4.60. The first-order chi connectivity index (χ1) is 14.8. The number of amides is 1. The second kappa shape index (κ2) is 9.95. The molecule has 0 bridgehead atoms. The lowest BCUT2D eigenvalue weighted by molar-refractivity contribution is -0.135. The Hall–Kier alpha value is -2.58. The number of aromatic nitrogens is 4. The van der Waals surface area contributed by atoms with Crippen LogP contribution >= 0.6 is 0 Å². The minimum atomic E-state index is 0.240. The van der Waals surface area contributed by atoms with Crippen LogP contribution in [0.4, 0.5) is 0 Å². The normalized spacial score (nSPS) is 14.6. The van der Waals surface area contributed by atoms with Crippen LogP contribution in [0.25, 0.3) is 22.1 Å². The topological polar surface area (TPSA) is 82.4 Å². The zero-order valence-electron chi connectivity index (χ0n) is 17.5. The van der Waals surface area contributed by atoms with Gasteiger partial charge in [0.15, 0.2) is 0 Å². The van der Waals surface area contributed by atoms with E-state index in [0.29, 0.717) is 32.8 Å². The first-order valence-electron chi connectivity index (χ1n) is 10.8. The molecule has 0 saturated carbocycles. The Morgan fingerprint density at radius 2 is 2.03 bits per heavy atom. The molecule has 3 aromatic heterocycles. The highest BCUT2D eigenvalue weighted by molar-refractivity contribution is 5.99. The van der Waals surface area contributed by atoms with Crippen molar-refractivity contribution in [2.75, 3.05) is 32.9 Å². The Labute approximate surface area is 176 Å². The zero-order chi connectivity index (χ0) is 20.8. The molecule has 4 heterocycles. The summed E-state index contributed by atoms with van der Waals surface area (Å²) in [4.78, 5) is 28.0. The molecule has 0 radical (unpaired) electrons. The number of imidazole rings is 1. The molecule has 0 atom stereocenters. The molecule has 3 aromatic rings. The maximum atomic E-state index is 12.3. The average molecular weight is 412 g/mol. The molecule has 1 saturated heterocycles. The summed E-state index contributed by atoms with van der Waals surface area (Å²) in [7, 11) is 0. The lowest BCUT2D eigenvalue weighted by Crippen LogP contribution is -2.40. The van der Waals surface area contributed by atoms with Crippen LogP contribution < -0.4 is 0 Å². The van der Waals surface area contributed by atoms with E-state index in [0.717, 1.165) is 66.8 Å². The highest BCUT2D eigenvalue weighted by Gasteiger charge is 2.17. The highest BCUT2D eigenvalue weighted by atomic mass is 16.5. The fraction of sp³-hybridized carbons (Fsp3) is 0.545. The highest BCUT2D eigenvalue weighted by Crippen LogP contribution is 2.24. The third-order valence-electron chi connectivity index (χ3n) is 5.48. The van der Waals surface area contributed by atoms with Gasteiger partial charge in [-0.15, -0.1) is 0 Å². The quantitative estimate of drug-likeness (QED) is 0.504. The number of carbonyl (C=O) groups excluding carboxylic acids is 1. The second-order valence-corrected chi connectivity index (χ2v) is 7.48. The van der Waals surface area contributed by atoms with Crippen LogP contribution in [0.3, 0.4) is 0 Å². The summed E-state index contributed by atoms with van der Waals surface area (Å²) in [6.07, 6.45) is 7.06. The number of nitrogens with zero attached hydrogens (tertiary/aromatic N) is 5. The Kier molecular flexibility index (Phi) is 6.86. The van der Waals surface area contributed by atoms with E-state index in [4.69, 9.17) is 14.5 Å². The van der Waals surface area contributed by atoms with Gasteiger partial charge in [0.05, 0.1) is 30.4 Å². The molecule has 8 heteroatoms. The van der Waals surface area contributed by atoms with Gasteiger partial charge in [-0.2, -0.15) is 0 Å². The van der Waals surface area contributed by atoms with E-state index in [9.17, 15) is 4.79 Å². The molecule has 0 aliphatic carbocycles.